The molecule has 0 saturated heterocycles. The van der Waals surface area contributed by atoms with Gasteiger partial charge in [0.05, 0.1) is 29.2 Å². The van der Waals surface area contributed by atoms with Crippen LogP contribution in [-0.2, 0) is 24.9 Å². The summed E-state index contributed by atoms with van der Waals surface area (Å²) in [4.78, 5) is 26.3. The average Bonchev–Trinajstić information content (AvgIpc) is 3.48. The number of hydrogen-bond acceptors (Lipinski definition) is 5. The molecule has 4 rings (SSSR count). The van der Waals surface area contributed by atoms with Crippen LogP contribution in [0.5, 0.6) is 11.6 Å². The summed E-state index contributed by atoms with van der Waals surface area (Å²) in [5, 5.41) is 20.6. The number of ether oxygens (including phenoxy) is 1. The third kappa shape index (κ3) is 7.38. The van der Waals surface area contributed by atoms with Crippen LogP contribution < -0.4 is 10.4 Å². The quantitative estimate of drug-likeness (QED) is 0.283. The van der Waals surface area contributed by atoms with Crippen molar-refractivity contribution in [3.05, 3.63) is 79.8 Å². The van der Waals surface area contributed by atoms with E-state index in [0.29, 0.717) is 28.3 Å². The SMILES string of the molecule is Cc1cc(CN(CC2CCCC2)C(CC(=O)O)c2ccc(Cl)c(Cl)c2)ccc1OCCn1c(O)cn(C)c1=O. The maximum Gasteiger partial charge on any atom is 0.330 e. The van der Waals surface area contributed by atoms with Crippen molar-refractivity contribution in [1.29, 1.82) is 0 Å². The van der Waals surface area contributed by atoms with Crippen LogP contribution in [0.1, 0.15) is 54.8 Å². The summed E-state index contributed by atoms with van der Waals surface area (Å²) < 4.78 is 8.50. The number of carboxylic acid groups (broad SMARTS) is 1. The zero-order chi connectivity index (χ0) is 28.1. The minimum absolute atomic E-state index is 0.0451. The molecule has 1 aliphatic rings. The Balaban J connectivity index is 1.52. The van der Waals surface area contributed by atoms with Crippen molar-refractivity contribution < 1.29 is 19.7 Å². The fourth-order valence-electron chi connectivity index (χ4n) is 5.42. The van der Waals surface area contributed by atoms with Crippen molar-refractivity contribution in [2.75, 3.05) is 13.2 Å². The van der Waals surface area contributed by atoms with E-state index in [1.807, 2.05) is 25.1 Å². The summed E-state index contributed by atoms with van der Waals surface area (Å²) in [5.41, 5.74) is 2.51. The van der Waals surface area contributed by atoms with Crippen LogP contribution in [0, 0.1) is 12.8 Å². The summed E-state index contributed by atoms with van der Waals surface area (Å²) in [7, 11) is 1.58. The van der Waals surface area contributed by atoms with Crippen molar-refractivity contribution in [2.24, 2.45) is 13.0 Å². The molecule has 1 atom stereocenters. The van der Waals surface area contributed by atoms with E-state index in [-0.39, 0.29) is 37.2 Å². The molecule has 2 N–H and O–H groups in total. The Labute approximate surface area is 238 Å². The van der Waals surface area contributed by atoms with E-state index >= 15 is 0 Å². The molecule has 2 aromatic carbocycles. The molecular formula is C29H35Cl2N3O5. The first-order chi connectivity index (χ1) is 18.6. The molecule has 0 amide bonds. The molecule has 1 saturated carbocycles. The Kier molecular flexibility index (Phi) is 9.64. The molecule has 0 radical (unpaired) electrons. The van der Waals surface area contributed by atoms with Gasteiger partial charge in [-0.05, 0) is 60.6 Å². The lowest BCUT2D eigenvalue weighted by atomic mass is 9.98. The highest BCUT2D eigenvalue weighted by Gasteiger charge is 2.28. The maximum atomic E-state index is 12.1. The van der Waals surface area contributed by atoms with Crippen LogP contribution in [0.15, 0.2) is 47.4 Å². The second-order valence-electron chi connectivity index (χ2n) is 10.3. The van der Waals surface area contributed by atoms with Gasteiger partial charge >= 0.3 is 11.7 Å². The fraction of sp³-hybridized carbons (Fsp3) is 0.448. The van der Waals surface area contributed by atoms with Gasteiger partial charge in [-0.1, -0.05) is 54.2 Å². The second kappa shape index (κ2) is 12.9. The first-order valence-corrected chi connectivity index (χ1v) is 14.0. The summed E-state index contributed by atoms with van der Waals surface area (Å²) in [6, 6.07) is 10.9. The molecule has 8 nitrogen and oxygen atoms in total. The number of carboxylic acids is 1. The van der Waals surface area contributed by atoms with Crippen molar-refractivity contribution in [1.82, 2.24) is 14.0 Å². The normalized spacial score (nSPS) is 14.7. The van der Waals surface area contributed by atoms with Gasteiger partial charge in [0.25, 0.3) is 0 Å². The number of aromatic nitrogens is 2. The summed E-state index contributed by atoms with van der Waals surface area (Å²) in [5.74, 6) is 0.242. The Bertz CT molecular complexity index is 1360. The number of aromatic hydroxyl groups is 1. The van der Waals surface area contributed by atoms with Gasteiger partial charge in [0.1, 0.15) is 12.4 Å². The highest BCUT2D eigenvalue weighted by molar-refractivity contribution is 6.42. The molecular weight excluding hydrogens is 541 g/mol. The Morgan fingerprint density at radius 1 is 1.15 bits per heavy atom. The van der Waals surface area contributed by atoms with E-state index in [1.54, 1.807) is 19.2 Å². The predicted molar refractivity (Wildman–Crippen MR) is 152 cm³/mol. The van der Waals surface area contributed by atoms with Gasteiger partial charge in [-0.25, -0.2) is 4.79 Å². The van der Waals surface area contributed by atoms with Crippen LogP contribution in [-0.4, -0.2) is 43.4 Å². The number of aryl methyl sites for hydroxylation is 2. The van der Waals surface area contributed by atoms with Crippen LogP contribution in [0.3, 0.4) is 0 Å². The van der Waals surface area contributed by atoms with Crippen LogP contribution >= 0.6 is 23.2 Å². The van der Waals surface area contributed by atoms with E-state index in [1.165, 1.54) is 28.2 Å². The topological polar surface area (TPSA) is 96.9 Å². The molecule has 0 aliphatic heterocycles. The third-order valence-corrected chi connectivity index (χ3v) is 8.16. The highest BCUT2D eigenvalue weighted by atomic mass is 35.5. The summed E-state index contributed by atoms with van der Waals surface area (Å²) >= 11 is 12.5. The van der Waals surface area contributed by atoms with E-state index in [4.69, 9.17) is 27.9 Å². The van der Waals surface area contributed by atoms with Gasteiger partial charge in [0.15, 0.2) is 0 Å². The molecule has 1 unspecified atom stereocenters. The molecule has 0 bridgehead atoms. The number of carbonyl (C=O) groups is 1. The zero-order valence-corrected chi connectivity index (χ0v) is 23.8. The standard InChI is InChI=1S/C29H35Cl2N3O5/c1-19-13-21(7-10-26(19)39-12-11-34-27(35)18-32(2)29(34)38)17-33(16-20-5-3-4-6-20)25(15-28(36)37)22-8-9-23(30)24(31)14-22/h7-10,13-14,18,20,25,35H,3-6,11-12,15-17H2,1-2H3,(H,36,37). The van der Waals surface area contributed by atoms with Gasteiger partial charge in [0, 0.05) is 26.2 Å². The first-order valence-electron chi connectivity index (χ1n) is 13.2. The Morgan fingerprint density at radius 2 is 1.90 bits per heavy atom. The van der Waals surface area contributed by atoms with E-state index in [9.17, 15) is 19.8 Å². The third-order valence-electron chi connectivity index (χ3n) is 7.42. The van der Waals surface area contributed by atoms with Crippen molar-refractivity contribution in [3.63, 3.8) is 0 Å². The van der Waals surface area contributed by atoms with Gasteiger partial charge < -0.3 is 14.9 Å². The molecule has 10 heteroatoms. The molecule has 1 aliphatic carbocycles. The number of halogens is 2. The molecule has 210 valence electrons. The van der Waals surface area contributed by atoms with Crippen molar-refractivity contribution in [2.45, 2.75) is 58.2 Å². The number of rotatable bonds is 12. The number of imidazole rings is 1. The van der Waals surface area contributed by atoms with Gasteiger partial charge in [-0.2, -0.15) is 0 Å². The van der Waals surface area contributed by atoms with Crippen LogP contribution in [0.4, 0.5) is 0 Å². The minimum atomic E-state index is -0.869. The predicted octanol–water partition coefficient (Wildman–Crippen LogP) is 5.79. The van der Waals surface area contributed by atoms with Gasteiger partial charge in [-0.3, -0.25) is 18.8 Å². The van der Waals surface area contributed by atoms with E-state index in [0.717, 1.165) is 36.1 Å². The molecule has 39 heavy (non-hydrogen) atoms. The lowest BCUT2D eigenvalue weighted by Crippen LogP contribution is -2.34. The van der Waals surface area contributed by atoms with Gasteiger partial charge in [-0.15, -0.1) is 0 Å². The van der Waals surface area contributed by atoms with E-state index < -0.39 is 5.97 Å². The van der Waals surface area contributed by atoms with Gasteiger partial charge in [0.2, 0.25) is 5.88 Å². The van der Waals surface area contributed by atoms with E-state index in [2.05, 4.69) is 11.0 Å². The minimum Gasteiger partial charge on any atom is -0.493 e. The highest BCUT2D eigenvalue weighted by Crippen LogP contribution is 2.35. The van der Waals surface area contributed by atoms with Crippen LogP contribution in [0.2, 0.25) is 10.0 Å². The number of benzene rings is 2. The largest absolute Gasteiger partial charge is 0.493 e. The molecule has 1 heterocycles. The Morgan fingerprint density at radius 3 is 2.51 bits per heavy atom. The second-order valence-corrected chi connectivity index (χ2v) is 11.2. The summed E-state index contributed by atoms with van der Waals surface area (Å²) in [6.07, 6.45) is 6.01. The summed E-state index contributed by atoms with van der Waals surface area (Å²) in [6.45, 7) is 3.78. The lowest BCUT2D eigenvalue weighted by Gasteiger charge is -2.34. The fourth-order valence-corrected chi connectivity index (χ4v) is 5.73. The number of hydrogen-bond donors (Lipinski definition) is 2. The smallest absolute Gasteiger partial charge is 0.330 e. The molecule has 0 spiro atoms. The molecule has 3 aromatic rings. The number of aliphatic carboxylic acids is 1. The zero-order valence-electron chi connectivity index (χ0n) is 22.3. The number of nitrogens with zero attached hydrogens (tertiary/aromatic N) is 3. The Hall–Kier alpha value is -2.94. The molecule has 1 aromatic heterocycles. The molecule has 1 fully saturated rings. The van der Waals surface area contributed by atoms with Crippen LogP contribution in [0.25, 0.3) is 0 Å². The average molecular weight is 577 g/mol. The first kappa shape index (κ1) is 29.1. The van der Waals surface area contributed by atoms with Crippen molar-refractivity contribution in [3.8, 4) is 11.6 Å². The maximum absolute atomic E-state index is 12.1. The van der Waals surface area contributed by atoms with Crippen molar-refractivity contribution >= 4 is 29.2 Å². The monoisotopic (exact) mass is 575 g/mol. The lowest BCUT2D eigenvalue weighted by molar-refractivity contribution is -0.138.